The molecule has 0 unspecified atom stereocenters. The Labute approximate surface area is 298 Å². The molecule has 0 aliphatic heterocycles. The summed E-state index contributed by atoms with van der Waals surface area (Å²) in [5, 5.41) is 7.65. The maximum atomic E-state index is 2.41. The van der Waals surface area contributed by atoms with Gasteiger partial charge in [0.15, 0.2) is 0 Å². The summed E-state index contributed by atoms with van der Waals surface area (Å²) in [7, 11) is 0. The normalized spacial score (nSPS) is 11.6. The topological polar surface area (TPSA) is 6.48 Å². The minimum Gasteiger partial charge on any atom is -0.310 e. The molecule has 10 aromatic rings. The Morgan fingerprint density at radius 1 is 0.260 bits per heavy atom. The Hall–Kier alpha value is -5.94. The van der Waals surface area contributed by atoms with Gasteiger partial charge >= 0.3 is 0 Å². The van der Waals surface area contributed by atoms with E-state index in [1.807, 2.05) is 22.7 Å². The molecule has 10 rings (SSSR count). The van der Waals surface area contributed by atoms with Crippen LogP contribution in [0.1, 0.15) is 0 Å². The van der Waals surface area contributed by atoms with Crippen LogP contribution in [-0.2, 0) is 0 Å². The average Bonchev–Trinajstić information content (AvgIpc) is 3.73. The van der Waals surface area contributed by atoms with Crippen molar-refractivity contribution >= 4 is 108 Å². The number of hydrogen-bond donors (Lipinski definition) is 0. The van der Waals surface area contributed by atoms with Gasteiger partial charge < -0.3 is 9.80 Å². The van der Waals surface area contributed by atoms with Gasteiger partial charge in [0.2, 0.25) is 0 Å². The third kappa shape index (κ3) is 4.92. The number of rotatable bonds is 6. The van der Waals surface area contributed by atoms with Crippen LogP contribution in [0.5, 0.6) is 0 Å². The summed E-state index contributed by atoms with van der Waals surface area (Å²) in [4.78, 5) is 4.75. The van der Waals surface area contributed by atoms with Crippen molar-refractivity contribution in [2.45, 2.75) is 0 Å². The number of nitrogens with zero attached hydrogens (tertiary/aromatic N) is 2. The van der Waals surface area contributed by atoms with Gasteiger partial charge in [-0.3, -0.25) is 0 Å². The van der Waals surface area contributed by atoms with Gasteiger partial charge in [0.25, 0.3) is 0 Å². The lowest BCUT2D eigenvalue weighted by atomic mass is 10.1. The molecule has 0 fully saturated rings. The van der Waals surface area contributed by atoms with Gasteiger partial charge in [-0.1, -0.05) is 97.1 Å². The van der Waals surface area contributed by atoms with Crippen LogP contribution in [0.15, 0.2) is 182 Å². The third-order valence-corrected chi connectivity index (χ3v) is 11.9. The Morgan fingerprint density at radius 2 is 0.720 bits per heavy atom. The summed E-state index contributed by atoms with van der Waals surface area (Å²) < 4.78 is 5.17. The number of fused-ring (bicyclic) bond motifs is 7. The van der Waals surface area contributed by atoms with Crippen LogP contribution < -0.4 is 9.80 Å². The fourth-order valence-electron chi connectivity index (χ4n) is 7.25. The highest BCUT2D eigenvalue weighted by atomic mass is 32.1. The van der Waals surface area contributed by atoms with Gasteiger partial charge in [0, 0.05) is 74.5 Å². The van der Waals surface area contributed by atoms with Crippen molar-refractivity contribution in [1.29, 1.82) is 0 Å². The fraction of sp³-hybridized carbons (Fsp3) is 0. The van der Waals surface area contributed by atoms with Gasteiger partial charge in [-0.2, -0.15) is 0 Å². The predicted octanol–water partition coefficient (Wildman–Crippen LogP) is 14.5. The van der Waals surface area contributed by atoms with Gasteiger partial charge in [-0.05, 0) is 95.7 Å². The van der Waals surface area contributed by atoms with Crippen molar-refractivity contribution in [2.75, 3.05) is 9.80 Å². The summed E-state index contributed by atoms with van der Waals surface area (Å²) in [6.45, 7) is 0. The van der Waals surface area contributed by atoms with E-state index in [-0.39, 0.29) is 0 Å². The van der Waals surface area contributed by atoms with Crippen LogP contribution in [0, 0.1) is 0 Å². The standard InChI is InChI=1S/C46H30N2S2/c1-3-13-33(14-4-1)47(34-15-5-2-6-16-34)36-23-26-44-42(28-36)41-25-22-38(30-46(41)50-44)48(35-20-19-31-11-7-8-12-32(31)27-35)37-21-24-40-39-17-9-10-18-43(39)49-45(40)29-37/h1-30H. The van der Waals surface area contributed by atoms with Crippen molar-refractivity contribution in [1.82, 2.24) is 0 Å². The highest BCUT2D eigenvalue weighted by Gasteiger charge is 2.18. The van der Waals surface area contributed by atoms with E-state index >= 15 is 0 Å². The molecule has 0 aliphatic rings. The zero-order valence-electron chi connectivity index (χ0n) is 27.0. The highest BCUT2D eigenvalue weighted by molar-refractivity contribution is 7.26. The third-order valence-electron chi connectivity index (χ3n) is 9.60. The first-order valence-electron chi connectivity index (χ1n) is 16.8. The highest BCUT2D eigenvalue weighted by Crippen LogP contribution is 2.45. The van der Waals surface area contributed by atoms with E-state index in [1.165, 1.54) is 51.1 Å². The molecule has 2 heterocycles. The first-order valence-corrected chi connectivity index (χ1v) is 18.5. The van der Waals surface area contributed by atoms with Crippen LogP contribution in [0.3, 0.4) is 0 Å². The van der Waals surface area contributed by atoms with Crippen molar-refractivity contribution in [3.05, 3.63) is 182 Å². The smallest absolute Gasteiger partial charge is 0.0476 e. The minimum absolute atomic E-state index is 1.14. The first-order chi connectivity index (χ1) is 24.8. The number of thiophene rings is 2. The summed E-state index contributed by atoms with van der Waals surface area (Å²) in [6.07, 6.45) is 0. The van der Waals surface area contributed by atoms with Crippen LogP contribution in [0.4, 0.5) is 34.1 Å². The molecule has 0 atom stereocenters. The van der Waals surface area contributed by atoms with Crippen molar-refractivity contribution in [2.24, 2.45) is 0 Å². The van der Waals surface area contributed by atoms with E-state index < -0.39 is 0 Å². The average molecular weight is 675 g/mol. The van der Waals surface area contributed by atoms with Gasteiger partial charge in [-0.15, -0.1) is 22.7 Å². The molecule has 0 spiro atoms. The lowest BCUT2D eigenvalue weighted by Crippen LogP contribution is -2.09. The molecule has 8 aromatic carbocycles. The van der Waals surface area contributed by atoms with E-state index in [0.717, 1.165) is 34.1 Å². The molecular weight excluding hydrogens is 645 g/mol. The van der Waals surface area contributed by atoms with Gasteiger partial charge in [0.05, 0.1) is 0 Å². The fourth-order valence-corrected chi connectivity index (χ4v) is 9.51. The Kier molecular flexibility index (Phi) is 6.90. The van der Waals surface area contributed by atoms with Crippen LogP contribution in [-0.4, -0.2) is 0 Å². The Balaban J connectivity index is 1.13. The molecule has 4 heteroatoms. The summed E-state index contributed by atoms with van der Waals surface area (Å²) in [6, 6.07) is 66.2. The molecule has 0 radical (unpaired) electrons. The second-order valence-electron chi connectivity index (χ2n) is 12.6. The predicted molar refractivity (Wildman–Crippen MR) is 219 cm³/mol. The van der Waals surface area contributed by atoms with Crippen molar-refractivity contribution in [3.63, 3.8) is 0 Å². The molecule has 0 saturated carbocycles. The quantitative estimate of drug-likeness (QED) is 0.173. The summed E-state index contributed by atoms with van der Waals surface area (Å²) >= 11 is 3.72. The SMILES string of the molecule is c1ccc(N(c2ccccc2)c2ccc3sc4cc(N(c5ccc6ccccc6c5)c5ccc6c(c5)sc5ccccc56)ccc4c3c2)cc1. The van der Waals surface area contributed by atoms with E-state index in [1.54, 1.807) is 0 Å². The van der Waals surface area contributed by atoms with Crippen molar-refractivity contribution in [3.8, 4) is 0 Å². The second-order valence-corrected chi connectivity index (χ2v) is 14.8. The molecule has 0 aliphatic carbocycles. The van der Waals surface area contributed by atoms with Crippen LogP contribution >= 0.6 is 22.7 Å². The maximum Gasteiger partial charge on any atom is 0.0476 e. The Morgan fingerprint density at radius 3 is 1.42 bits per heavy atom. The zero-order valence-corrected chi connectivity index (χ0v) is 28.7. The Bertz CT molecular complexity index is 2800. The molecule has 0 saturated heterocycles. The number of anilines is 6. The van der Waals surface area contributed by atoms with Crippen molar-refractivity contribution < 1.29 is 0 Å². The molecule has 50 heavy (non-hydrogen) atoms. The molecular formula is C46H30N2S2. The number of benzene rings is 8. The van der Waals surface area contributed by atoms with Crippen LogP contribution in [0.2, 0.25) is 0 Å². The minimum atomic E-state index is 1.14. The molecule has 236 valence electrons. The summed E-state index contributed by atoms with van der Waals surface area (Å²) in [5.74, 6) is 0. The second kappa shape index (κ2) is 11.9. The molecule has 0 amide bonds. The molecule has 2 nitrogen and oxygen atoms in total. The monoisotopic (exact) mass is 674 g/mol. The number of hydrogen-bond acceptors (Lipinski definition) is 4. The van der Waals surface area contributed by atoms with E-state index in [9.17, 15) is 0 Å². The molecule has 0 N–H and O–H groups in total. The summed E-state index contributed by atoms with van der Waals surface area (Å²) in [5.41, 5.74) is 6.88. The van der Waals surface area contributed by atoms with Gasteiger partial charge in [-0.25, -0.2) is 0 Å². The van der Waals surface area contributed by atoms with E-state index in [4.69, 9.17) is 0 Å². The largest absolute Gasteiger partial charge is 0.310 e. The number of para-hydroxylation sites is 2. The lowest BCUT2D eigenvalue weighted by Gasteiger charge is -2.26. The zero-order chi connectivity index (χ0) is 33.0. The van der Waals surface area contributed by atoms with Gasteiger partial charge in [0.1, 0.15) is 0 Å². The molecule has 0 bridgehead atoms. The van der Waals surface area contributed by atoms with Crippen LogP contribution in [0.25, 0.3) is 51.1 Å². The lowest BCUT2D eigenvalue weighted by molar-refractivity contribution is 1.29. The molecule has 2 aromatic heterocycles. The van der Waals surface area contributed by atoms with E-state index in [0.29, 0.717) is 0 Å². The maximum absolute atomic E-state index is 2.41. The first kappa shape index (κ1) is 29.0. The van der Waals surface area contributed by atoms with E-state index in [2.05, 4.69) is 192 Å².